The van der Waals surface area contributed by atoms with E-state index < -0.39 is 5.97 Å². The minimum Gasteiger partial charge on any atom is -0.465 e. The van der Waals surface area contributed by atoms with Crippen LogP contribution in [0.2, 0.25) is 0 Å². The van der Waals surface area contributed by atoms with Gasteiger partial charge in [-0.3, -0.25) is 4.79 Å². The zero-order chi connectivity index (χ0) is 19.5. The van der Waals surface area contributed by atoms with Crippen LogP contribution in [0.4, 0.5) is 0 Å². The Morgan fingerprint density at radius 3 is 2.25 bits per heavy atom. The van der Waals surface area contributed by atoms with Crippen LogP contribution in [-0.4, -0.2) is 23.8 Å². The van der Waals surface area contributed by atoms with Crippen molar-refractivity contribution in [1.82, 2.24) is 4.98 Å². The van der Waals surface area contributed by atoms with Gasteiger partial charge < -0.3 is 4.74 Å². The molecule has 4 heteroatoms. The average Bonchev–Trinajstić information content (AvgIpc) is 2.78. The number of aromatic nitrogens is 1. The molecule has 28 heavy (non-hydrogen) atoms. The maximum Gasteiger partial charge on any atom is 0.338 e. The zero-order valence-electron chi connectivity index (χ0n) is 15.3. The van der Waals surface area contributed by atoms with Gasteiger partial charge in [0, 0.05) is 22.1 Å². The number of nitrogens with zero attached hydrogens (tertiary/aromatic N) is 1. The van der Waals surface area contributed by atoms with Gasteiger partial charge in [0.15, 0.2) is 5.78 Å². The number of ether oxygens (including phenoxy) is 1. The lowest BCUT2D eigenvalue weighted by Crippen LogP contribution is -2.06. The fourth-order valence-electron chi connectivity index (χ4n) is 3.24. The van der Waals surface area contributed by atoms with Crippen molar-refractivity contribution in [2.75, 3.05) is 7.11 Å². The van der Waals surface area contributed by atoms with Crippen LogP contribution in [0.25, 0.3) is 22.2 Å². The molecule has 1 heterocycles. The minimum absolute atomic E-state index is 0.0919. The molecule has 0 spiro atoms. The molecule has 0 radical (unpaired) electrons. The second-order valence-electron chi connectivity index (χ2n) is 6.30. The normalized spacial score (nSPS) is 10.6. The van der Waals surface area contributed by atoms with Crippen molar-refractivity contribution in [3.05, 3.63) is 102 Å². The molecule has 4 aromatic rings. The van der Waals surface area contributed by atoms with Crippen LogP contribution in [0, 0.1) is 0 Å². The van der Waals surface area contributed by atoms with Crippen molar-refractivity contribution >= 4 is 22.7 Å². The van der Waals surface area contributed by atoms with Crippen molar-refractivity contribution < 1.29 is 14.3 Å². The van der Waals surface area contributed by atoms with Gasteiger partial charge in [-0.2, -0.15) is 0 Å². The summed E-state index contributed by atoms with van der Waals surface area (Å²) in [5.41, 5.74) is 3.45. The Kier molecular flexibility index (Phi) is 4.68. The van der Waals surface area contributed by atoms with Crippen LogP contribution in [0.3, 0.4) is 0 Å². The first-order chi connectivity index (χ1) is 13.7. The maximum atomic E-state index is 13.1. The lowest BCUT2D eigenvalue weighted by atomic mass is 9.95. The van der Waals surface area contributed by atoms with E-state index in [9.17, 15) is 9.59 Å². The molecule has 0 saturated carbocycles. The number of carbonyl (C=O) groups is 2. The number of para-hydroxylation sites is 1. The van der Waals surface area contributed by atoms with E-state index in [0.29, 0.717) is 38.9 Å². The molecule has 0 bridgehead atoms. The highest BCUT2D eigenvalue weighted by Crippen LogP contribution is 2.29. The van der Waals surface area contributed by atoms with E-state index in [4.69, 9.17) is 9.72 Å². The number of fused-ring (bicyclic) bond motifs is 1. The summed E-state index contributed by atoms with van der Waals surface area (Å²) in [6.45, 7) is 0. The van der Waals surface area contributed by atoms with Gasteiger partial charge in [-0.25, -0.2) is 9.78 Å². The number of methoxy groups -OCH3 is 1. The van der Waals surface area contributed by atoms with Gasteiger partial charge in [-0.05, 0) is 12.1 Å². The number of hydrogen-bond acceptors (Lipinski definition) is 4. The van der Waals surface area contributed by atoms with E-state index in [2.05, 4.69) is 0 Å². The lowest BCUT2D eigenvalue weighted by Gasteiger charge is -2.12. The molecule has 0 N–H and O–H groups in total. The van der Waals surface area contributed by atoms with Gasteiger partial charge in [0.2, 0.25) is 0 Å². The van der Waals surface area contributed by atoms with Crippen molar-refractivity contribution in [2.45, 2.75) is 0 Å². The van der Waals surface area contributed by atoms with Crippen molar-refractivity contribution in [3.8, 4) is 11.3 Å². The number of rotatable bonds is 4. The van der Waals surface area contributed by atoms with Crippen LogP contribution < -0.4 is 0 Å². The number of benzene rings is 3. The first-order valence-corrected chi connectivity index (χ1v) is 8.86. The van der Waals surface area contributed by atoms with E-state index >= 15 is 0 Å². The van der Waals surface area contributed by atoms with E-state index in [1.165, 1.54) is 7.11 Å². The highest BCUT2D eigenvalue weighted by atomic mass is 16.5. The van der Waals surface area contributed by atoms with Crippen molar-refractivity contribution in [2.24, 2.45) is 0 Å². The summed E-state index contributed by atoms with van der Waals surface area (Å²) in [6.07, 6.45) is 0. The van der Waals surface area contributed by atoms with Crippen LogP contribution in [0.15, 0.2) is 84.9 Å². The standard InChI is InChI=1S/C24H17NO3/c1-28-24(27)20-15-22(25-21-14-8-7-12-18(20)21)17-11-5-6-13-19(17)23(26)16-9-3-2-4-10-16/h2-15H,1H3. The van der Waals surface area contributed by atoms with Gasteiger partial charge in [-0.1, -0.05) is 72.8 Å². The molecule has 4 rings (SSSR count). The maximum absolute atomic E-state index is 13.1. The Morgan fingerprint density at radius 2 is 1.46 bits per heavy atom. The number of esters is 1. The van der Waals surface area contributed by atoms with Crippen LogP contribution in [0.5, 0.6) is 0 Å². The number of hydrogen-bond donors (Lipinski definition) is 0. The molecule has 0 fully saturated rings. The lowest BCUT2D eigenvalue weighted by molar-refractivity contribution is 0.0603. The summed E-state index contributed by atoms with van der Waals surface area (Å²) in [4.78, 5) is 30.1. The minimum atomic E-state index is -0.438. The van der Waals surface area contributed by atoms with Crippen molar-refractivity contribution in [3.63, 3.8) is 0 Å². The monoisotopic (exact) mass is 367 g/mol. The molecular weight excluding hydrogens is 350 g/mol. The Labute approximate surface area is 162 Å². The third-order valence-corrected chi connectivity index (χ3v) is 4.61. The predicted octanol–water partition coefficient (Wildman–Crippen LogP) is 4.92. The van der Waals surface area contributed by atoms with Gasteiger partial charge >= 0.3 is 5.97 Å². The van der Waals surface area contributed by atoms with Crippen LogP contribution in [0.1, 0.15) is 26.3 Å². The molecule has 3 aromatic carbocycles. The van der Waals surface area contributed by atoms with E-state index in [-0.39, 0.29) is 5.78 Å². The molecule has 0 unspecified atom stereocenters. The quantitative estimate of drug-likeness (QED) is 0.379. The highest BCUT2D eigenvalue weighted by molar-refractivity contribution is 6.13. The SMILES string of the molecule is COC(=O)c1cc(-c2ccccc2C(=O)c2ccccc2)nc2ccccc12. The summed E-state index contributed by atoms with van der Waals surface area (Å²) >= 11 is 0. The predicted molar refractivity (Wildman–Crippen MR) is 108 cm³/mol. The Balaban J connectivity index is 1.92. The van der Waals surface area contributed by atoms with Crippen LogP contribution >= 0.6 is 0 Å². The molecule has 0 atom stereocenters. The van der Waals surface area contributed by atoms with E-state index in [1.807, 2.05) is 60.7 Å². The molecule has 1 aromatic heterocycles. The third-order valence-electron chi connectivity index (χ3n) is 4.61. The van der Waals surface area contributed by atoms with Gasteiger partial charge in [0.1, 0.15) is 0 Å². The zero-order valence-corrected chi connectivity index (χ0v) is 15.3. The summed E-state index contributed by atoms with van der Waals surface area (Å²) in [5.74, 6) is -0.530. The fraction of sp³-hybridized carbons (Fsp3) is 0.0417. The Morgan fingerprint density at radius 1 is 0.786 bits per heavy atom. The first-order valence-electron chi connectivity index (χ1n) is 8.86. The largest absolute Gasteiger partial charge is 0.465 e. The number of ketones is 1. The second kappa shape index (κ2) is 7.45. The summed E-state index contributed by atoms with van der Waals surface area (Å²) in [6, 6.07) is 25.5. The molecule has 0 aliphatic heterocycles. The Hall–Kier alpha value is -3.79. The fourth-order valence-corrected chi connectivity index (χ4v) is 3.24. The number of pyridine rings is 1. The average molecular weight is 367 g/mol. The molecule has 4 nitrogen and oxygen atoms in total. The second-order valence-corrected chi connectivity index (χ2v) is 6.30. The number of carbonyl (C=O) groups excluding carboxylic acids is 2. The smallest absolute Gasteiger partial charge is 0.338 e. The molecule has 0 saturated heterocycles. The van der Waals surface area contributed by atoms with E-state index in [0.717, 1.165) is 0 Å². The van der Waals surface area contributed by atoms with Crippen molar-refractivity contribution in [1.29, 1.82) is 0 Å². The van der Waals surface area contributed by atoms with Gasteiger partial charge in [0.25, 0.3) is 0 Å². The summed E-state index contributed by atoms with van der Waals surface area (Å²) in [7, 11) is 1.35. The topological polar surface area (TPSA) is 56.3 Å². The first kappa shape index (κ1) is 17.6. The highest BCUT2D eigenvalue weighted by Gasteiger charge is 2.18. The van der Waals surface area contributed by atoms with E-state index in [1.54, 1.807) is 24.3 Å². The van der Waals surface area contributed by atoms with Gasteiger partial charge in [-0.15, -0.1) is 0 Å². The Bertz CT molecular complexity index is 1180. The third kappa shape index (κ3) is 3.16. The molecular formula is C24H17NO3. The molecule has 0 amide bonds. The van der Waals surface area contributed by atoms with Gasteiger partial charge in [0.05, 0.1) is 23.9 Å². The summed E-state index contributed by atoms with van der Waals surface area (Å²) < 4.78 is 4.95. The molecule has 136 valence electrons. The molecule has 0 aliphatic rings. The molecule has 0 aliphatic carbocycles. The van der Waals surface area contributed by atoms with Crippen LogP contribution in [-0.2, 0) is 4.74 Å². The summed E-state index contributed by atoms with van der Waals surface area (Å²) in [5, 5.41) is 0.713.